The van der Waals surface area contributed by atoms with Gasteiger partial charge in [-0.25, -0.2) is 8.42 Å². The van der Waals surface area contributed by atoms with E-state index in [0.717, 1.165) is 0 Å². The molecule has 0 unspecified atom stereocenters. The zero-order valence-corrected chi connectivity index (χ0v) is 13.2. The molecule has 0 aliphatic carbocycles. The summed E-state index contributed by atoms with van der Waals surface area (Å²) in [7, 11) is -2.31. The number of para-hydroxylation sites is 2. The fraction of sp³-hybridized carbons (Fsp3) is 0.143. The molecule has 0 aliphatic rings. The Balaban J connectivity index is 1.90. The van der Waals surface area contributed by atoms with Crippen molar-refractivity contribution in [3.63, 3.8) is 0 Å². The van der Waals surface area contributed by atoms with Gasteiger partial charge in [0.15, 0.2) is 0 Å². The minimum atomic E-state index is -3.78. The number of benzene rings is 1. The highest BCUT2D eigenvalue weighted by atomic mass is 32.2. The minimum Gasteiger partial charge on any atom is -0.495 e. The van der Waals surface area contributed by atoms with E-state index in [1.807, 2.05) is 0 Å². The third-order valence-corrected chi connectivity index (χ3v) is 4.42. The van der Waals surface area contributed by atoms with Crippen molar-refractivity contribution in [2.45, 2.75) is 11.8 Å². The lowest BCUT2D eigenvalue weighted by molar-refractivity contribution is 0.417. The summed E-state index contributed by atoms with van der Waals surface area (Å²) in [6.07, 6.45) is 1.35. The van der Waals surface area contributed by atoms with E-state index in [4.69, 9.17) is 9.15 Å². The van der Waals surface area contributed by atoms with E-state index < -0.39 is 10.0 Å². The number of ether oxygens (including phenoxy) is 1. The van der Waals surface area contributed by atoms with Gasteiger partial charge in [0, 0.05) is 13.1 Å². The third kappa shape index (κ3) is 3.04. The van der Waals surface area contributed by atoms with Crippen molar-refractivity contribution in [1.29, 1.82) is 0 Å². The van der Waals surface area contributed by atoms with Gasteiger partial charge in [-0.1, -0.05) is 12.1 Å². The second kappa shape index (κ2) is 5.76. The van der Waals surface area contributed by atoms with Crippen molar-refractivity contribution < 1.29 is 17.6 Å². The molecule has 1 aromatic carbocycles. The van der Waals surface area contributed by atoms with Crippen LogP contribution in [0.15, 0.2) is 45.8 Å². The maximum absolute atomic E-state index is 12.5. The first-order chi connectivity index (χ1) is 11.0. The van der Waals surface area contributed by atoms with Gasteiger partial charge in [0.2, 0.25) is 5.89 Å². The van der Waals surface area contributed by atoms with Crippen molar-refractivity contribution in [2.75, 3.05) is 11.8 Å². The number of aromatic amines is 1. The lowest BCUT2D eigenvalue weighted by Crippen LogP contribution is -2.12. The summed E-state index contributed by atoms with van der Waals surface area (Å²) >= 11 is 0. The van der Waals surface area contributed by atoms with E-state index in [1.165, 1.54) is 19.4 Å². The molecule has 2 heterocycles. The molecule has 23 heavy (non-hydrogen) atoms. The van der Waals surface area contributed by atoms with Gasteiger partial charge in [-0.15, -0.1) is 10.2 Å². The Labute approximate surface area is 132 Å². The molecule has 2 N–H and O–H groups in total. The Morgan fingerprint density at radius 3 is 2.74 bits per heavy atom. The summed E-state index contributed by atoms with van der Waals surface area (Å²) in [5.41, 5.74) is 0.775. The topological polar surface area (TPSA) is 110 Å². The molecule has 120 valence electrons. The van der Waals surface area contributed by atoms with E-state index in [9.17, 15) is 8.42 Å². The second-order valence-electron chi connectivity index (χ2n) is 4.68. The first kappa shape index (κ1) is 15.1. The quantitative estimate of drug-likeness (QED) is 0.740. The zero-order chi connectivity index (χ0) is 16.4. The molecule has 0 bridgehead atoms. The van der Waals surface area contributed by atoms with Gasteiger partial charge in [-0.2, -0.15) is 0 Å². The summed E-state index contributed by atoms with van der Waals surface area (Å²) in [6, 6.07) is 8.17. The summed E-state index contributed by atoms with van der Waals surface area (Å²) in [6.45, 7) is 1.65. The van der Waals surface area contributed by atoms with Crippen molar-refractivity contribution >= 4 is 15.7 Å². The van der Waals surface area contributed by atoms with Crippen LogP contribution in [-0.4, -0.2) is 30.7 Å². The normalized spacial score (nSPS) is 11.4. The van der Waals surface area contributed by atoms with Crippen LogP contribution < -0.4 is 9.46 Å². The standard InChI is InChI=1S/C14H14N4O4S/c1-9-16-17-14(22-9)12-7-10(8-15-12)23(19,20)18-11-5-3-4-6-13(11)21-2/h3-8,15,18H,1-2H3. The van der Waals surface area contributed by atoms with Crippen LogP contribution in [0.5, 0.6) is 5.75 Å². The molecule has 3 aromatic rings. The summed E-state index contributed by atoms with van der Waals surface area (Å²) in [5, 5.41) is 7.55. The second-order valence-corrected chi connectivity index (χ2v) is 6.36. The lowest BCUT2D eigenvalue weighted by atomic mass is 10.3. The molecule has 0 saturated heterocycles. The van der Waals surface area contributed by atoms with E-state index in [1.54, 1.807) is 31.2 Å². The lowest BCUT2D eigenvalue weighted by Gasteiger charge is -2.10. The Kier molecular flexibility index (Phi) is 3.78. The average Bonchev–Trinajstić information content (AvgIpc) is 3.16. The molecule has 0 amide bonds. The number of aryl methyl sites for hydroxylation is 1. The van der Waals surface area contributed by atoms with Crippen LogP contribution in [0.3, 0.4) is 0 Å². The molecular formula is C14H14N4O4S. The fourth-order valence-corrected chi connectivity index (χ4v) is 3.05. The highest BCUT2D eigenvalue weighted by Crippen LogP contribution is 2.27. The van der Waals surface area contributed by atoms with Crippen LogP contribution in [-0.2, 0) is 10.0 Å². The highest BCUT2D eigenvalue weighted by Gasteiger charge is 2.20. The number of hydrogen-bond acceptors (Lipinski definition) is 6. The van der Waals surface area contributed by atoms with Gasteiger partial charge in [0.25, 0.3) is 15.9 Å². The molecule has 0 atom stereocenters. The Morgan fingerprint density at radius 2 is 2.04 bits per heavy atom. The molecular weight excluding hydrogens is 320 g/mol. The molecule has 8 nitrogen and oxygen atoms in total. The average molecular weight is 334 g/mol. The number of H-pyrrole nitrogens is 1. The number of sulfonamides is 1. The SMILES string of the molecule is COc1ccccc1NS(=O)(=O)c1c[nH]c(-c2nnc(C)o2)c1. The van der Waals surface area contributed by atoms with Crippen molar-refractivity contribution in [1.82, 2.24) is 15.2 Å². The van der Waals surface area contributed by atoms with E-state index in [0.29, 0.717) is 23.0 Å². The van der Waals surface area contributed by atoms with Crippen LogP contribution in [0.4, 0.5) is 5.69 Å². The first-order valence-corrected chi connectivity index (χ1v) is 8.12. The monoisotopic (exact) mass is 334 g/mol. The van der Waals surface area contributed by atoms with Crippen LogP contribution in [0.1, 0.15) is 5.89 Å². The molecule has 3 rings (SSSR count). The van der Waals surface area contributed by atoms with E-state index in [2.05, 4.69) is 19.9 Å². The minimum absolute atomic E-state index is 0.0502. The Bertz CT molecular complexity index is 930. The first-order valence-electron chi connectivity index (χ1n) is 6.64. The van der Waals surface area contributed by atoms with Crippen molar-refractivity contribution in [3.05, 3.63) is 42.4 Å². The number of rotatable bonds is 5. The van der Waals surface area contributed by atoms with E-state index in [-0.39, 0.29) is 10.8 Å². The van der Waals surface area contributed by atoms with Gasteiger partial charge in [-0.3, -0.25) is 4.72 Å². The number of methoxy groups -OCH3 is 1. The summed E-state index contributed by atoms with van der Waals surface area (Å²) in [4.78, 5) is 2.86. The molecule has 0 radical (unpaired) electrons. The molecule has 0 fully saturated rings. The van der Waals surface area contributed by atoms with Crippen LogP contribution in [0.25, 0.3) is 11.6 Å². The van der Waals surface area contributed by atoms with Gasteiger partial charge in [0.1, 0.15) is 16.3 Å². The van der Waals surface area contributed by atoms with Gasteiger partial charge < -0.3 is 14.1 Å². The Hall–Kier alpha value is -2.81. The smallest absolute Gasteiger partial charge is 0.264 e. The molecule has 2 aromatic heterocycles. The molecule has 0 aliphatic heterocycles. The van der Waals surface area contributed by atoms with Crippen LogP contribution in [0, 0.1) is 6.92 Å². The van der Waals surface area contributed by atoms with Gasteiger partial charge in [0.05, 0.1) is 12.8 Å². The van der Waals surface area contributed by atoms with Gasteiger partial charge in [-0.05, 0) is 18.2 Å². The van der Waals surface area contributed by atoms with Gasteiger partial charge >= 0.3 is 0 Å². The third-order valence-electron chi connectivity index (χ3n) is 3.07. The molecule has 0 saturated carbocycles. The number of nitrogens with zero attached hydrogens (tertiary/aromatic N) is 2. The Morgan fingerprint density at radius 1 is 1.26 bits per heavy atom. The summed E-state index contributed by atoms with van der Waals surface area (Å²) in [5.74, 6) is 1.05. The van der Waals surface area contributed by atoms with Crippen LogP contribution in [0.2, 0.25) is 0 Å². The van der Waals surface area contributed by atoms with Crippen molar-refractivity contribution in [2.24, 2.45) is 0 Å². The maximum Gasteiger partial charge on any atom is 0.264 e. The number of nitrogens with one attached hydrogen (secondary N) is 2. The largest absolute Gasteiger partial charge is 0.495 e. The molecule has 0 spiro atoms. The number of anilines is 1. The highest BCUT2D eigenvalue weighted by molar-refractivity contribution is 7.92. The van der Waals surface area contributed by atoms with E-state index >= 15 is 0 Å². The fourth-order valence-electron chi connectivity index (χ4n) is 1.99. The van der Waals surface area contributed by atoms with Crippen molar-refractivity contribution in [3.8, 4) is 17.3 Å². The zero-order valence-electron chi connectivity index (χ0n) is 12.4. The molecule has 9 heteroatoms. The van der Waals surface area contributed by atoms with Crippen LogP contribution >= 0.6 is 0 Å². The number of hydrogen-bond donors (Lipinski definition) is 2. The summed E-state index contributed by atoms with van der Waals surface area (Å²) < 4.78 is 37.8. The predicted molar refractivity (Wildman–Crippen MR) is 82.6 cm³/mol. The predicted octanol–water partition coefficient (Wildman–Crippen LogP) is 2.18. The maximum atomic E-state index is 12.5. The number of aromatic nitrogens is 3.